The average Bonchev–Trinajstić information content (AvgIpc) is 2.53. The first-order chi connectivity index (χ1) is 10.2. The number of pyridine rings is 1. The highest BCUT2D eigenvalue weighted by Gasteiger charge is 2.17. The Morgan fingerprint density at radius 1 is 1.33 bits per heavy atom. The fourth-order valence-electron chi connectivity index (χ4n) is 2.48. The number of hydrogen-bond acceptors (Lipinski definition) is 5. The molecule has 1 aromatic carbocycles. The van der Waals surface area contributed by atoms with Crippen LogP contribution in [0.1, 0.15) is 12.0 Å². The van der Waals surface area contributed by atoms with Crippen molar-refractivity contribution in [2.24, 2.45) is 0 Å². The molecule has 1 atom stereocenters. The van der Waals surface area contributed by atoms with Crippen molar-refractivity contribution in [3.8, 4) is 0 Å². The smallest absolute Gasteiger partial charge is 0.287 e. The number of benzene rings is 1. The van der Waals surface area contributed by atoms with Crippen molar-refractivity contribution >= 4 is 17.2 Å². The van der Waals surface area contributed by atoms with Crippen molar-refractivity contribution < 1.29 is 4.92 Å². The number of anilines is 2. The van der Waals surface area contributed by atoms with Crippen LogP contribution in [-0.2, 0) is 6.42 Å². The van der Waals surface area contributed by atoms with Crippen LogP contribution in [0.2, 0.25) is 0 Å². The van der Waals surface area contributed by atoms with Crippen molar-refractivity contribution in [2.45, 2.75) is 18.9 Å². The molecule has 21 heavy (non-hydrogen) atoms. The van der Waals surface area contributed by atoms with Crippen LogP contribution in [-0.4, -0.2) is 22.5 Å². The Morgan fingerprint density at radius 3 is 2.95 bits per heavy atom. The van der Waals surface area contributed by atoms with Crippen LogP contribution in [0.15, 0.2) is 42.6 Å². The summed E-state index contributed by atoms with van der Waals surface area (Å²) in [7, 11) is 0. The van der Waals surface area contributed by atoms with Gasteiger partial charge in [-0.3, -0.25) is 10.1 Å². The highest BCUT2D eigenvalue weighted by molar-refractivity contribution is 5.54. The molecule has 1 aliphatic rings. The van der Waals surface area contributed by atoms with E-state index in [1.165, 1.54) is 23.5 Å². The van der Waals surface area contributed by atoms with Gasteiger partial charge in [0.25, 0.3) is 5.69 Å². The average molecular weight is 284 g/mol. The second-order valence-corrected chi connectivity index (χ2v) is 5.08. The van der Waals surface area contributed by atoms with Crippen LogP contribution >= 0.6 is 0 Å². The highest BCUT2D eigenvalue weighted by atomic mass is 16.6. The number of hydrogen-bond donors (Lipinski definition) is 2. The fourth-order valence-corrected chi connectivity index (χ4v) is 2.48. The van der Waals surface area contributed by atoms with Gasteiger partial charge in [0.15, 0.2) is 0 Å². The topological polar surface area (TPSA) is 80.1 Å². The first kappa shape index (κ1) is 13.4. The summed E-state index contributed by atoms with van der Waals surface area (Å²) in [5.74, 6) is 0.654. The maximum absolute atomic E-state index is 10.6. The number of nitrogens with one attached hydrogen (secondary N) is 2. The summed E-state index contributed by atoms with van der Waals surface area (Å²) in [6.45, 7) is 0.735. The minimum atomic E-state index is -0.448. The molecule has 0 spiro atoms. The van der Waals surface area contributed by atoms with Crippen molar-refractivity contribution in [2.75, 3.05) is 17.2 Å². The van der Waals surface area contributed by atoms with Gasteiger partial charge in [-0.1, -0.05) is 18.2 Å². The normalized spacial score (nSPS) is 16.7. The number of nitrogens with zero attached hydrogens (tertiary/aromatic N) is 2. The summed E-state index contributed by atoms with van der Waals surface area (Å²) in [6, 6.07) is 11.7. The van der Waals surface area contributed by atoms with Crippen molar-refractivity contribution in [1.82, 2.24) is 4.98 Å². The van der Waals surface area contributed by atoms with Gasteiger partial charge in [0.1, 0.15) is 12.0 Å². The number of para-hydroxylation sites is 1. The van der Waals surface area contributed by atoms with Gasteiger partial charge >= 0.3 is 0 Å². The standard InChI is InChI=1S/C15H16N4O2/c20-19(21)13-7-8-15(17-10-13)16-9-12-6-5-11-3-1-2-4-14(11)18-12/h1-4,7-8,10,12,18H,5-6,9H2,(H,16,17). The lowest BCUT2D eigenvalue weighted by Gasteiger charge is -2.27. The number of fused-ring (bicyclic) bond motifs is 1. The van der Waals surface area contributed by atoms with Gasteiger partial charge in [-0.25, -0.2) is 4.98 Å². The Kier molecular flexibility index (Phi) is 3.68. The van der Waals surface area contributed by atoms with E-state index in [-0.39, 0.29) is 5.69 Å². The molecule has 108 valence electrons. The summed E-state index contributed by atoms with van der Waals surface area (Å²) in [4.78, 5) is 14.2. The van der Waals surface area contributed by atoms with E-state index in [0.29, 0.717) is 11.9 Å². The third-order valence-electron chi connectivity index (χ3n) is 3.63. The molecule has 2 heterocycles. The maximum Gasteiger partial charge on any atom is 0.287 e. The third kappa shape index (κ3) is 3.10. The van der Waals surface area contributed by atoms with E-state index < -0.39 is 4.92 Å². The molecule has 0 aliphatic carbocycles. The van der Waals surface area contributed by atoms with Crippen LogP contribution in [0.5, 0.6) is 0 Å². The lowest BCUT2D eigenvalue weighted by Crippen LogP contribution is -2.32. The molecule has 2 aromatic rings. The SMILES string of the molecule is O=[N+]([O-])c1ccc(NCC2CCc3ccccc3N2)nc1. The van der Waals surface area contributed by atoms with Crippen LogP contribution in [0.25, 0.3) is 0 Å². The van der Waals surface area contributed by atoms with E-state index >= 15 is 0 Å². The number of aryl methyl sites for hydroxylation is 1. The highest BCUT2D eigenvalue weighted by Crippen LogP contribution is 2.24. The Labute approximate surface area is 122 Å². The summed E-state index contributed by atoms with van der Waals surface area (Å²) >= 11 is 0. The predicted molar refractivity (Wildman–Crippen MR) is 81.6 cm³/mol. The van der Waals surface area contributed by atoms with Crippen LogP contribution in [0.4, 0.5) is 17.2 Å². The molecule has 2 N–H and O–H groups in total. The van der Waals surface area contributed by atoms with E-state index in [0.717, 1.165) is 19.4 Å². The first-order valence-corrected chi connectivity index (χ1v) is 6.91. The van der Waals surface area contributed by atoms with E-state index in [2.05, 4.69) is 33.8 Å². The summed E-state index contributed by atoms with van der Waals surface area (Å²) in [5, 5.41) is 17.3. The molecule has 3 rings (SSSR count). The lowest BCUT2D eigenvalue weighted by molar-refractivity contribution is -0.385. The molecule has 0 saturated heterocycles. The van der Waals surface area contributed by atoms with E-state index in [1.807, 2.05) is 6.07 Å². The molecule has 1 aliphatic heterocycles. The van der Waals surface area contributed by atoms with Gasteiger partial charge in [-0.05, 0) is 30.5 Å². The minimum absolute atomic E-state index is 0.00488. The summed E-state index contributed by atoms with van der Waals surface area (Å²) in [5.41, 5.74) is 2.54. The summed E-state index contributed by atoms with van der Waals surface area (Å²) in [6.07, 6.45) is 3.38. The molecular weight excluding hydrogens is 268 g/mol. The first-order valence-electron chi connectivity index (χ1n) is 6.91. The largest absolute Gasteiger partial charge is 0.380 e. The second-order valence-electron chi connectivity index (χ2n) is 5.08. The monoisotopic (exact) mass is 284 g/mol. The van der Waals surface area contributed by atoms with Gasteiger partial charge in [-0.15, -0.1) is 0 Å². The molecule has 6 heteroatoms. The number of nitro groups is 1. The molecule has 0 amide bonds. The van der Waals surface area contributed by atoms with Crippen molar-refractivity contribution in [3.63, 3.8) is 0 Å². The summed E-state index contributed by atoms with van der Waals surface area (Å²) < 4.78 is 0. The molecule has 1 unspecified atom stereocenters. The predicted octanol–water partition coefficient (Wildman–Crippen LogP) is 2.83. The van der Waals surface area contributed by atoms with Crippen molar-refractivity contribution in [1.29, 1.82) is 0 Å². The maximum atomic E-state index is 10.6. The third-order valence-corrected chi connectivity index (χ3v) is 3.63. The molecule has 6 nitrogen and oxygen atoms in total. The molecular formula is C15H16N4O2. The van der Waals surface area contributed by atoms with Gasteiger partial charge in [0.05, 0.1) is 4.92 Å². The Balaban J connectivity index is 1.57. The van der Waals surface area contributed by atoms with E-state index in [4.69, 9.17) is 0 Å². The van der Waals surface area contributed by atoms with Gasteiger partial charge in [0, 0.05) is 24.3 Å². The van der Waals surface area contributed by atoms with Crippen LogP contribution in [0.3, 0.4) is 0 Å². The van der Waals surface area contributed by atoms with E-state index in [1.54, 1.807) is 6.07 Å². The molecule has 0 saturated carbocycles. The van der Waals surface area contributed by atoms with Crippen molar-refractivity contribution in [3.05, 3.63) is 58.3 Å². The molecule has 1 aromatic heterocycles. The minimum Gasteiger partial charge on any atom is -0.380 e. The van der Waals surface area contributed by atoms with Gasteiger partial charge in [0.2, 0.25) is 0 Å². The molecule has 0 radical (unpaired) electrons. The zero-order valence-electron chi connectivity index (χ0n) is 11.5. The molecule has 0 fully saturated rings. The fraction of sp³-hybridized carbons (Fsp3) is 0.267. The second kappa shape index (κ2) is 5.78. The van der Waals surface area contributed by atoms with E-state index in [9.17, 15) is 10.1 Å². The molecule has 0 bridgehead atoms. The Hall–Kier alpha value is -2.63. The quantitative estimate of drug-likeness (QED) is 0.666. The Bertz CT molecular complexity index is 642. The van der Waals surface area contributed by atoms with Gasteiger partial charge < -0.3 is 10.6 Å². The zero-order chi connectivity index (χ0) is 14.7. The van der Waals surface area contributed by atoms with Gasteiger partial charge in [-0.2, -0.15) is 0 Å². The lowest BCUT2D eigenvalue weighted by atomic mass is 9.98. The number of rotatable bonds is 4. The zero-order valence-corrected chi connectivity index (χ0v) is 11.5. The van der Waals surface area contributed by atoms with Crippen LogP contribution in [0, 0.1) is 10.1 Å². The van der Waals surface area contributed by atoms with Crippen LogP contribution < -0.4 is 10.6 Å². The Morgan fingerprint density at radius 2 is 2.19 bits per heavy atom. The number of aromatic nitrogens is 1.